The number of ether oxygens (including phenoxy) is 2. The van der Waals surface area contributed by atoms with Gasteiger partial charge in [-0.25, -0.2) is 4.39 Å². The molecule has 0 amide bonds. The molecule has 0 aliphatic rings. The maximum absolute atomic E-state index is 13.7. The third kappa shape index (κ3) is 5.89. The molecule has 0 fully saturated rings. The molecule has 2 aromatic carbocycles. The summed E-state index contributed by atoms with van der Waals surface area (Å²) in [5.41, 5.74) is 1.61. The molecule has 0 N–H and O–H groups in total. The summed E-state index contributed by atoms with van der Waals surface area (Å²) in [4.78, 5) is 11.2. The van der Waals surface area contributed by atoms with Crippen molar-refractivity contribution in [2.24, 2.45) is 0 Å². The smallest absolute Gasteiger partial charge is 0.305 e. The first kappa shape index (κ1) is 19.5. The molecule has 26 heavy (non-hydrogen) atoms. The lowest BCUT2D eigenvalue weighted by Crippen LogP contribution is -2.04. The molecule has 0 radical (unpaired) electrons. The number of rotatable bonds is 9. The Morgan fingerprint density at radius 1 is 1.08 bits per heavy atom. The third-order valence-electron chi connectivity index (χ3n) is 3.88. The van der Waals surface area contributed by atoms with Gasteiger partial charge in [-0.1, -0.05) is 18.2 Å². The van der Waals surface area contributed by atoms with E-state index in [0.717, 1.165) is 30.6 Å². The molecule has 0 aliphatic carbocycles. The topological polar surface area (TPSA) is 59.3 Å². The van der Waals surface area contributed by atoms with E-state index in [1.54, 1.807) is 13.0 Å². The Morgan fingerprint density at radius 3 is 2.46 bits per heavy atom. The third-order valence-corrected chi connectivity index (χ3v) is 3.88. The summed E-state index contributed by atoms with van der Waals surface area (Å²) in [6.07, 6.45) is 3.01. The lowest BCUT2D eigenvalue weighted by molar-refractivity contribution is -0.143. The van der Waals surface area contributed by atoms with Crippen LogP contribution in [-0.2, 0) is 9.53 Å². The molecule has 0 saturated heterocycles. The van der Waals surface area contributed by atoms with Gasteiger partial charge in [-0.2, -0.15) is 5.26 Å². The van der Waals surface area contributed by atoms with Crippen molar-refractivity contribution in [3.05, 3.63) is 53.8 Å². The fraction of sp³-hybridized carbons (Fsp3) is 0.333. The summed E-state index contributed by atoms with van der Waals surface area (Å²) in [6, 6.07) is 13.8. The van der Waals surface area contributed by atoms with Crippen molar-refractivity contribution in [1.29, 1.82) is 5.26 Å². The number of benzene rings is 2. The van der Waals surface area contributed by atoms with Crippen molar-refractivity contribution < 1.29 is 18.7 Å². The number of unbranched alkanes of at least 4 members (excludes halogenated alkanes) is 2. The zero-order chi connectivity index (χ0) is 18.8. The highest BCUT2D eigenvalue weighted by atomic mass is 19.1. The number of nitriles is 1. The molecule has 4 nitrogen and oxygen atoms in total. The fourth-order valence-corrected chi connectivity index (χ4v) is 2.50. The molecule has 2 aromatic rings. The van der Waals surface area contributed by atoms with Gasteiger partial charge in [0.2, 0.25) is 0 Å². The van der Waals surface area contributed by atoms with E-state index in [1.807, 2.05) is 30.3 Å². The predicted octanol–water partition coefficient (Wildman–Crippen LogP) is 4.87. The lowest BCUT2D eigenvalue weighted by Gasteiger charge is -2.08. The second kappa shape index (κ2) is 10.2. The molecule has 0 bridgehead atoms. The molecule has 5 heteroatoms. The average Bonchev–Trinajstić information content (AvgIpc) is 2.65. The van der Waals surface area contributed by atoms with Crippen molar-refractivity contribution in [1.82, 2.24) is 0 Å². The van der Waals surface area contributed by atoms with Crippen LogP contribution in [0, 0.1) is 17.1 Å². The van der Waals surface area contributed by atoms with Gasteiger partial charge in [0.05, 0.1) is 18.8 Å². The molecule has 2 rings (SSSR count). The van der Waals surface area contributed by atoms with Crippen molar-refractivity contribution in [3.8, 4) is 22.9 Å². The zero-order valence-electron chi connectivity index (χ0n) is 14.8. The van der Waals surface area contributed by atoms with Crippen LogP contribution >= 0.6 is 0 Å². The average molecular weight is 355 g/mol. The van der Waals surface area contributed by atoms with Gasteiger partial charge in [-0.15, -0.1) is 0 Å². The molecule has 0 spiro atoms. The number of hydrogen-bond acceptors (Lipinski definition) is 4. The highest BCUT2D eigenvalue weighted by molar-refractivity contribution is 5.69. The van der Waals surface area contributed by atoms with Crippen LogP contribution in [0.4, 0.5) is 4.39 Å². The zero-order valence-corrected chi connectivity index (χ0v) is 14.8. The number of halogens is 1. The largest absolute Gasteiger partial charge is 0.494 e. The summed E-state index contributed by atoms with van der Waals surface area (Å²) < 4.78 is 24.3. The number of hydrogen-bond donors (Lipinski definition) is 0. The SMILES string of the molecule is CCOC(=O)CCCCCOc1ccc(-c2ccc(C#N)c(F)c2)cc1. The minimum absolute atomic E-state index is 0.0386. The Hall–Kier alpha value is -2.87. The standard InChI is InChI=1S/C21H22FNO3/c1-2-25-21(24)6-4-3-5-13-26-19-11-9-16(10-12-19)17-7-8-18(15-23)20(22)14-17/h7-12,14H,2-6,13H2,1H3. The Kier molecular flexibility index (Phi) is 7.63. The first-order valence-corrected chi connectivity index (χ1v) is 8.72. The minimum Gasteiger partial charge on any atom is -0.494 e. The van der Waals surface area contributed by atoms with Crippen molar-refractivity contribution in [2.75, 3.05) is 13.2 Å². The maximum atomic E-state index is 13.7. The van der Waals surface area contributed by atoms with Gasteiger partial charge in [-0.05, 0) is 61.6 Å². The number of nitrogens with zero attached hydrogens (tertiary/aromatic N) is 1. The van der Waals surface area contributed by atoms with E-state index in [1.165, 1.54) is 12.1 Å². The Bertz CT molecular complexity index is 766. The van der Waals surface area contributed by atoms with Crippen LogP contribution in [-0.4, -0.2) is 19.2 Å². The molecule has 0 heterocycles. The van der Waals surface area contributed by atoms with Gasteiger partial charge in [0.1, 0.15) is 17.6 Å². The van der Waals surface area contributed by atoms with Crippen molar-refractivity contribution in [3.63, 3.8) is 0 Å². The van der Waals surface area contributed by atoms with E-state index >= 15 is 0 Å². The highest BCUT2D eigenvalue weighted by Gasteiger charge is 2.05. The van der Waals surface area contributed by atoms with Gasteiger partial charge < -0.3 is 9.47 Å². The number of carbonyl (C=O) groups is 1. The summed E-state index contributed by atoms with van der Waals surface area (Å²) in [5.74, 6) is 0.0738. The van der Waals surface area contributed by atoms with Gasteiger partial charge in [0.25, 0.3) is 0 Å². The molecule has 0 unspecified atom stereocenters. The van der Waals surface area contributed by atoms with Gasteiger partial charge >= 0.3 is 5.97 Å². The summed E-state index contributed by atoms with van der Waals surface area (Å²) in [5, 5.41) is 8.77. The van der Waals surface area contributed by atoms with E-state index in [0.29, 0.717) is 25.2 Å². The Labute approximate surface area is 153 Å². The van der Waals surface area contributed by atoms with Crippen molar-refractivity contribution >= 4 is 5.97 Å². The van der Waals surface area contributed by atoms with Gasteiger partial charge in [0.15, 0.2) is 0 Å². The second-order valence-electron chi connectivity index (χ2n) is 5.79. The number of esters is 1. The van der Waals surface area contributed by atoms with Crippen LogP contribution < -0.4 is 4.74 Å². The molecule has 0 aliphatic heterocycles. The van der Waals surface area contributed by atoms with Crippen LogP contribution in [0.25, 0.3) is 11.1 Å². The quantitative estimate of drug-likeness (QED) is 0.476. The van der Waals surface area contributed by atoms with Crippen LogP contribution in [0.15, 0.2) is 42.5 Å². The summed E-state index contributed by atoms with van der Waals surface area (Å²) >= 11 is 0. The summed E-state index contributed by atoms with van der Waals surface area (Å²) in [7, 11) is 0. The molecule has 136 valence electrons. The predicted molar refractivity (Wildman–Crippen MR) is 97.1 cm³/mol. The fourth-order valence-electron chi connectivity index (χ4n) is 2.50. The van der Waals surface area contributed by atoms with E-state index in [4.69, 9.17) is 14.7 Å². The Balaban J connectivity index is 1.77. The molecular weight excluding hydrogens is 333 g/mol. The lowest BCUT2D eigenvalue weighted by atomic mass is 10.0. The molecular formula is C21H22FNO3. The second-order valence-corrected chi connectivity index (χ2v) is 5.79. The molecule has 0 atom stereocenters. The molecule has 0 aromatic heterocycles. The first-order chi connectivity index (χ1) is 12.6. The van der Waals surface area contributed by atoms with E-state index in [9.17, 15) is 9.18 Å². The van der Waals surface area contributed by atoms with Crippen molar-refractivity contribution in [2.45, 2.75) is 32.6 Å². The molecule has 0 saturated carbocycles. The van der Waals surface area contributed by atoms with E-state index in [2.05, 4.69) is 0 Å². The maximum Gasteiger partial charge on any atom is 0.305 e. The van der Waals surface area contributed by atoms with Crippen LogP contribution in [0.5, 0.6) is 5.75 Å². The minimum atomic E-state index is -0.520. The highest BCUT2D eigenvalue weighted by Crippen LogP contribution is 2.24. The van der Waals surface area contributed by atoms with Gasteiger partial charge in [-0.3, -0.25) is 4.79 Å². The van der Waals surface area contributed by atoms with Crippen LogP contribution in [0.1, 0.15) is 38.2 Å². The van der Waals surface area contributed by atoms with Crippen LogP contribution in [0.3, 0.4) is 0 Å². The number of carbonyl (C=O) groups excluding carboxylic acids is 1. The van der Waals surface area contributed by atoms with E-state index < -0.39 is 5.82 Å². The summed E-state index contributed by atoms with van der Waals surface area (Å²) in [6.45, 7) is 2.80. The first-order valence-electron chi connectivity index (χ1n) is 8.72. The van der Waals surface area contributed by atoms with E-state index in [-0.39, 0.29) is 11.5 Å². The monoisotopic (exact) mass is 355 g/mol. The normalized spacial score (nSPS) is 10.2. The van der Waals surface area contributed by atoms with Crippen LogP contribution in [0.2, 0.25) is 0 Å². The van der Waals surface area contributed by atoms with Gasteiger partial charge in [0, 0.05) is 6.42 Å². The Morgan fingerprint density at radius 2 is 1.81 bits per heavy atom.